The minimum absolute atomic E-state index is 0.126. The molecule has 4 nitrogen and oxygen atoms in total. The number of amides is 1. The first-order valence-corrected chi connectivity index (χ1v) is 8.47. The molecule has 0 aromatic rings. The molecule has 4 heteroatoms. The van der Waals surface area contributed by atoms with E-state index in [9.17, 15) is 9.90 Å². The van der Waals surface area contributed by atoms with E-state index in [2.05, 4.69) is 17.1 Å². The van der Waals surface area contributed by atoms with Gasteiger partial charge in [-0.25, -0.2) is 0 Å². The van der Waals surface area contributed by atoms with E-state index < -0.39 is 0 Å². The van der Waals surface area contributed by atoms with Gasteiger partial charge >= 0.3 is 0 Å². The van der Waals surface area contributed by atoms with Gasteiger partial charge in [0.2, 0.25) is 5.91 Å². The third kappa shape index (κ3) is 6.35. The maximum atomic E-state index is 12.2. The number of aliphatic hydroxyl groups excluding tert-OH is 1. The van der Waals surface area contributed by atoms with Crippen molar-refractivity contribution in [1.29, 1.82) is 0 Å². The van der Waals surface area contributed by atoms with Crippen LogP contribution in [0.25, 0.3) is 0 Å². The Morgan fingerprint density at radius 3 is 2.52 bits per heavy atom. The lowest BCUT2D eigenvalue weighted by molar-refractivity contribution is -0.129. The zero-order valence-corrected chi connectivity index (χ0v) is 14.5. The number of nitrogens with one attached hydrogen (secondary N) is 1. The number of carbonyl (C=O) groups excluding carboxylic acids is 1. The first-order valence-electron chi connectivity index (χ1n) is 8.47. The molecule has 0 radical (unpaired) electrons. The third-order valence-electron chi connectivity index (χ3n) is 4.25. The summed E-state index contributed by atoms with van der Waals surface area (Å²) >= 11 is 0. The Morgan fingerprint density at radius 1 is 1.33 bits per heavy atom. The van der Waals surface area contributed by atoms with Crippen molar-refractivity contribution in [3.05, 3.63) is 0 Å². The Labute approximate surface area is 130 Å². The highest BCUT2D eigenvalue weighted by molar-refractivity contribution is 5.81. The SMILES string of the molecule is CCCN1CC(CC(O)CC)CC(NC(=O)C(C)(C)C)C1. The monoisotopic (exact) mass is 298 g/mol. The molecule has 1 amide bonds. The zero-order chi connectivity index (χ0) is 16.0. The fourth-order valence-electron chi connectivity index (χ4n) is 3.03. The summed E-state index contributed by atoms with van der Waals surface area (Å²) in [6, 6.07) is 0.214. The number of rotatable bonds is 6. The predicted molar refractivity (Wildman–Crippen MR) is 87.1 cm³/mol. The molecule has 0 saturated carbocycles. The molecule has 1 aliphatic heterocycles. The molecule has 1 heterocycles. The Morgan fingerprint density at radius 2 is 2.00 bits per heavy atom. The number of nitrogens with zero attached hydrogens (tertiary/aromatic N) is 1. The van der Waals surface area contributed by atoms with Gasteiger partial charge in [-0.2, -0.15) is 0 Å². The van der Waals surface area contributed by atoms with Crippen molar-refractivity contribution in [1.82, 2.24) is 10.2 Å². The summed E-state index contributed by atoms with van der Waals surface area (Å²) in [7, 11) is 0. The van der Waals surface area contributed by atoms with Crippen molar-refractivity contribution in [2.45, 2.75) is 72.4 Å². The topological polar surface area (TPSA) is 52.6 Å². The van der Waals surface area contributed by atoms with Crippen LogP contribution in [0, 0.1) is 11.3 Å². The lowest BCUT2D eigenvalue weighted by Crippen LogP contribution is -2.53. The van der Waals surface area contributed by atoms with Crippen LogP contribution in [0.2, 0.25) is 0 Å². The molecule has 0 spiro atoms. The zero-order valence-electron chi connectivity index (χ0n) is 14.5. The fraction of sp³-hybridized carbons (Fsp3) is 0.941. The number of piperidine rings is 1. The fourth-order valence-corrected chi connectivity index (χ4v) is 3.03. The summed E-state index contributed by atoms with van der Waals surface area (Å²) < 4.78 is 0. The van der Waals surface area contributed by atoms with Crippen LogP contribution < -0.4 is 5.32 Å². The van der Waals surface area contributed by atoms with Crippen molar-refractivity contribution >= 4 is 5.91 Å². The van der Waals surface area contributed by atoms with Crippen LogP contribution in [0.15, 0.2) is 0 Å². The van der Waals surface area contributed by atoms with Crippen LogP contribution >= 0.6 is 0 Å². The highest BCUT2D eigenvalue weighted by Gasteiger charge is 2.31. The van der Waals surface area contributed by atoms with Gasteiger partial charge in [0.1, 0.15) is 0 Å². The van der Waals surface area contributed by atoms with Gasteiger partial charge in [-0.3, -0.25) is 4.79 Å². The lowest BCUT2D eigenvalue weighted by atomic mass is 9.87. The Balaban J connectivity index is 2.63. The Bertz CT molecular complexity index is 325. The highest BCUT2D eigenvalue weighted by atomic mass is 16.3. The normalized spacial score (nSPS) is 25.6. The summed E-state index contributed by atoms with van der Waals surface area (Å²) in [5.41, 5.74) is -0.342. The van der Waals surface area contributed by atoms with Crippen molar-refractivity contribution in [3.8, 4) is 0 Å². The maximum absolute atomic E-state index is 12.2. The van der Waals surface area contributed by atoms with Gasteiger partial charge in [-0.05, 0) is 38.1 Å². The van der Waals surface area contributed by atoms with Gasteiger partial charge < -0.3 is 15.3 Å². The molecule has 124 valence electrons. The largest absolute Gasteiger partial charge is 0.393 e. The van der Waals surface area contributed by atoms with Crippen molar-refractivity contribution in [3.63, 3.8) is 0 Å². The van der Waals surface area contributed by atoms with Crippen molar-refractivity contribution < 1.29 is 9.90 Å². The van der Waals surface area contributed by atoms with E-state index in [-0.39, 0.29) is 23.5 Å². The predicted octanol–water partition coefficient (Wildman–Crippen LogP) is 2.41. The van der Waals surface area contributed by atoms with Crippen LogP contribution in [0.3, 0.4) is 0 Å². The second-order valence-electron chi connectivity index (χ2n) is 7.58. The van der Waals surface area contributed by atoms with Gasteiger partial charge in [0.05, 0.1) is 6.10 Å². The molecule has 1 rings (SSSR count). The quantitative estimate of drug-likeness (QED) is 0.792. The Kier molecular flexibility index (Phi) is 7.14. The van der Waals surface area contributed by atoms with Gasteiger partial charge in [0, 0.05) is 24.5 Å². The van der Waals surface area contributed by atoms with Gasteiger partial charge in [-0.1, -0.05) is 34.6 Å². The van der Waals surface area contributed by atoms with Gasteiger partial charge in [-0.15, -0.1) is 0 Å². The van der Waals surface area contributed by atoms with Crippen LogP contribution in [0.5, 0.6) is 0 Å². The number of hydrogen-bond acceptors (Lipinski definition) is 3. The molecule has 1 saturated heterocycles. The van der Waals surface area contributed by atoms with Gasteiger partial charge in [0.25, 0.3) is 0 Å². The molecule has 0 aliphatic carbocycles. The van der Waals surface area contributed by atoms with Crippen LogP contribution in [-0.2, 0) is 4.79 Å². The molecule has 0 bridgehead atoms. The molecule has 1 aliphatic rings. The standard InChI is InChI=1S/C17H34N2O2/c1-6-8-19-11-13(10-15(20)7-2)9-14(12-19)18-16(21)17(3,4)5/h13-15,20H,6-12H2,1-5H3,(H,18,21). The number of aliphatic hydroxyl groups is 1. The molecule has 3 atom stereocenters. The van der Waals surface area contributed by atoms with E-state index in [0.29, 0.717) is 5.92 Å². The minimum atomic E-state index is -0.342. The maximum Gasteiger partial charge on any atom is 0.225 e. The van der Waals surface area contributed by atoms with Crippen LogP contribution in [0.4, 0.5) is 0 Å². The second kappa shape index (κ2) is 8.14. The molecular formula is C17H34N2O2. The van der Waals surface area contributed by atoms with Gasteiger partial charge in [0.15, 0.2) is 0 Å². The number of likely N-dealkylation sites (tertiary alicyclic amines) is 1. The first kappa shape index (κ1) is 18.4. The van der Waals surface area contributed by atoms with Crippen molar-refractivity contribution in [2.75, 3.05) is 19.6 Å². The third-order valence-corrected chi connectivity index (χ3v) is 4.25. The first-order chi connectivity index (χ1) is 9.76. The summed E-state index contributed by atoms with van der Waals surface area (Å²) in [6.07, 6.45) is 3.56. The molecule has 1 fully saturated rings. The molecule has 0 aromatic carbocycles. The van der Waals surface area contributed by atoms with E-state index in [1.54, 1.807) is 0 Å². The van der Waals surface area contributed by atoms with Crippen LogP contribution in [0.1, 0.15) is 60.3 Å². The highest BCUT2D eigenvalue weighted by Crippen LogP contribution is 2.24. The van der Waals surface area contributed by atoms with E-state index in [4.69, 9.17) is 0 Å². The average molecular weight is 298 g/mol. The number of hydrogen-bond donors (Lipinski definition) is 2. The van der Waals surface area contributed by atoms with E-state index >= 15 is 0 Å². The van der Waals surface area contributed by atoms with Crippen molar-refractivity contribution in [2.24, 2.45) is 11.3 Å². The van der Waals surface area contributed by atoms with E-state index in [0.717, 1.165) is 45.3 Å². The molecule has 21 heavy (non-hydrogen) atoms. The summed E-state index contributed by atoms with van der Waals surface area (Å²) in [4.78, 5) is 14.6. The van der Waals surface area contributed by atoms with E-state index in [1.807, 2.05) is 27.7 Å². The average Bonchev–Trinajstić information content (AvgIpc) is 2.37. The molecular weight excluding hydrogens is 264 g/mol. The molecule has 2 N–H and O–H groups in total. The summed E-state index contributed by atoms with van der Waals surface area (Å²) in [5, 5.41) is 13.1. The summed E-state index contributed by atoms with van der Waals surface area (Å²) in [5.74, 6) is 0.603. The minimum Gasteiger partial charge on any atom is -0.393 e. The molecule has 0 aromatic heterocycles. The molecule has 3 unspecified atom stereocenters. The smallest absolute Gasteiger partial charge is 0.225 e. The second-order valence-corrected chi connectivity index (χ2v) is 7.58. The number of carbonyl (C=O) groups is 1. The lowest BCUT2D eigenvalue weighted by Gasteiger charge is -2.39. The van der Waals surface area contributed by atoms with Crippen LogP contribution in [-0.4, -0.2) is 47.7 Å². The summed E-state index contributed by atoms with van der Waals surface area (Å²) in [6.45, 7) is 13.1. The van der Waals surface area contributed by atoms with E-state index in [1.165, 1.54) is 0 Å². The Hall–Kier alpha value is -0.610.